The summed E-state index contributed by atoms with van der Waals surface area (Å²) in [6.45, 7) is 0.458. The number of aromatic nitrogens is 3. The minimum Gasteiger partial charge on any atom is -0.478 e. The van der Waals surface area contributed by atoms with Crippen molar-refractivity contribution < 1.29 is 9.90 Å². The van der Waals surface area contributed by atoms with Crippen molar-refractivity contribution in [3.63, 3.8) is 0 Å². The van der Waals surface area contributed by atoms with Gasteiger partial charge in [0.1, 0.15) is 5.82 Å². The number of nitrogens with zero attached hydrogens (tertiary/aromatic N) is 3. The number of carboxylic acid groups (broad SMARTS) is 1. The number of hydrogen-bond donors (Lipinski definition) is 1. The number of pyridine rings is 1. The maximum Gasteiger partial charge on any atom is 0.336 e. The second-order valence-electron chi connectivity index (χ2n) is 4.58. The minimum absolute atomic E-state index is 0.312. The molecule has 3 aromatic rings. The maximum atomic E-state index is 11.3. The van der Waals surface area contributed by atoms with Gasteiger partial charge in [-0.05, 0) is 23.8 Å². The van der Waals surface area contributed by atoms with Gasteiger partial charge in [-0.2, -0.15) is 0 Å². The van der Waals surface area contributed by atoms with E-state index in [0.717, 1.165) is 17.0 Å². The van der Waals surface area contributed by atoms with Crippen molar-refractivity contribution in [3.05, 3.63) is 72.3 Å². The van der Waals surface area contributed by atoms with Crippen LogP contribution in [0, 0.1) is 0 Å². The Balaban J connectivity index is 1.98. The molecule has 0 unspecified atom stereocenters. The van der Waals surface area contributed by atoms with Gasteiger partial charge in [0.05, 0.1) is 5.56 Å². The molecule has 104 valence electrons. The van der Waals surface area contributed by atoms with Crippen LogP contribution in [0.15, 0.2) is 61.2 Å². The van der Waals surface area contributed by atoms with E-state index in [1.54, 1.807) is 30.7 Å². The van der Waals surface area contributed by atoms with Crippen LogP contribution in [0.1, 0.15) is 15.9 Å². The van der Waals surface area contributed by atoms with E-state index in [0.29, 0.717) is 12.1 Å². The largest absolute Gasteiger partial charge is 0.478 e. The van der Waals surface area contributed by atoms with E-state index in [9.17, 15) is 9.90 Å². The van der Waals surface area contributed by atoms with Crippen molar-refractivity contribution in [2.45, 2.75) is 6.54 Å². The van der Waals surface area contributed by atoms with Gasteiger partial charge in [0.15, 0.2) is 0 Å². The summed E-state index contributed by atoms with van der Waals surface area (Å²) in [6, 6.07) is 10.7. The molecule has 0 atom stereocenters. The van der Waals surface area contributed by atoms with E-state index in [1.807, 2.05) is 35.0 Å². The van der Waals surface area contributed by atoms with E-state index in [2.05, 4.69) is 9.97 Å². The standard InChI is InChI=1S/C16H13N3O2/c20-16(21)14-4-2-1-3-13(14)11-19-10-9-18-15(19)12-5-7-17-8-6-12/h1-10H,11H2,(H,20,21). The lowest BCUT2D eigenvalue weighted by atomic mass is 10.1. The SMILES string of the molecule is O=C(O)c1ccccc1Cn1ccnc1-c1ccncc1. The van der Waals surface area contributed by atoms with Crippen LogP contribution >= 0.6 is 0 Å². The molecule has 0 bridgehead atoms. The summed E-state index contributed by atoms with van der Waals surface area (Å²) >= 11 is 0. The summed E-state index contributed by atoms with van der Waals surface area (Å²) in [5.74, 6) is -0.131. The number of rotatable bonds is 4. The fraction of sp³-hybridized carbons (Fsp3) is 0.0625. The highest BCUT2D eigenvalue weighted by molar-refractivity contribution is 5.89. The molecule has 0 spiro atoms. The second-order valence-corrected chi connectivity index (χ2v) is 4.58. The molecule has 1 aromatic carbocycles. The lowest BCUT2D eigenvalue weighted by Crippen LogP contribution is -2.07. The van der Waals surface area contributed by atoms with Gasteiger partial charge in [0.25, 0.3) is 0 Å². The third-order valence-corrected chi connectivity index (χ3v) is 3.24. The minimum atomic E-state index is -0.920. The van der Waals surface area contributed by atoms with E-state index < -0.39 is 5.97 Å². The Hall–Kier alpha value is -2.95. The summed E-state index contributed by atoms with van der Waals surface area (Å²) in [6.07, 6.45) is 6.96. The molecule has 2 heterocycles. The zero-order valence-electron chi connectivity index (χ0n) is 11.2. The zero-order valence-corrected chi connectivity index (χ0v) is 11.2. The van der Waals surface area contributed by atoms with Crippen molar-refractivity contribution >= 4 is 5.97 Å². The fourth-order valence-electron chi connectivity index (χ4n) is 2.25. The molecule has 0 aliphatic heterocycles. The van der Waals surface area contributed by atoms with Gasteiger partial charge < -0.3 is 9.67 Å². The highest BCUT2D eigenvalue weighted by Crippen LogP contribution is 2.19. The Labute approximate surface area is 121 Å². The van der Waals surface area contributed by atoms with Crippen molar-refractivity contribution in [1.29, 1.82) is 0 Å². The summed E-state index contributed by atoms with van der Waals surface area (Å²) in [5.41, 5.74) is 2.01. The molecule has 5 nitrogen and oxygen atoms in total. The van der Waals surface area contributed by atoms with Crippen LogP contribution in [0.5, 0.6) is 0 Å². The normalized spacial score (nSPS) is 10.5. The van der Waals surface area contributed by atoms with Crippen LogP contribution in [-0.2, 0) is 6.54 Å². The van der Waals surface area contributed by atoms with Crippen molar-refractivity contribution in [3.8, 4) is 11.4 Å². The van der Waals surface area contributed by atoms with Gasteiger partial charge in [-0.3, -0.25) is 4.98 Å². The molecular formula is C16H13N3O2. The number of benzene rings is 1. The van der Waals surface area contributed by atoms with Crippen molar-refractivity contribution in [1.82, 2.24) is 14.5 Å². The van der Waals surface area contributed by atoms with Gasteiger partial charge in [-0.1, -0.05) is 18.2 Å². The Morgan fingerprint density at radius 3 is 2.62 bits per heavy atom. The van der Waals surface area contributed by atoms with Crippen LogP contribution in [0.3, 0.4) is 0 Å². The van der Waals surface area contributed by atoms with Gasteiger partial charge in [-0.25, -0.2) is 9.78 Å². The van der Waals surface area contributed by atoms with Crippen LogP contribution in [-0.4, -0.2) is 25.6 Å². The first-order valence-corrected chi connectivity index (χ1v) is 6.48. The number of hydrogen-bond acceptors (Lipinski definition) is 3. The van der Waals surface area contributed by atoms with Gasteiger partial charge in [0, 0.05) is 36.9 Å². The Morgan fingerprint density at radius 2 is 1.86 bits per heavy atom. The molecule has 0 saturated heterocycles. The summed E-state index contributed by atoms with van der Waals surface area (Å²) in [7, 11) is 0. The van der Waals surface area contributed by atoms with E-state index >= 15 is 0 Å². The molecule has 0 saturated carbocycles. The van der Waals surface area contributed by atoms with Gasteiger partial charge in [0.2, 0.25) is 0 Å². The molecule has 0 radical (unpaired) electrons. The first-order valence-electron chi connectivity index (χ1n) is 6.48. The predicted octanol–water partition coefficient (Wildman–Crippen LogP) is 2.69. The molecule has 3 rings (SSSR count). The zero-order chi connectivity index (χ0) is 14.7. The third-order valence-electron chi connectivity index (χ3n) is 3.24. The van der Waals surface area contributed by atoms with Crippen molar-refractivity contribution in [2.24, 2.45) is 0 Å². The lowest BCUT2D eigenvalue weighted by molar-refractivity contribution is 0.0695. The maximum absolute atomic E-state index is 11.3. The average molecular weight is 279 g/mol. The van der Waals surface area contributed by atoms with E-state index in [-0.39, 0.29) is 0 Å². The summed E-state index contributed by atoms with van der Waals surface area (Å²) < 4.78 is 1.93. The van der Waals surface area contributed by atoms with Crippen LogP contribution in [0.4, 0.5) is 0 Å². The monoisotopic (exact) mass is 279 g/mol. The third kappa shape index (κ3) is 2.67. The Morgan fingerprint density at radius 1 is 1.10 bits per heavy atom. The number of imidazole rings is 1. The highest BCUT2D eigenvalue weighted by Gasteiger charge is 2.12. The van der Waals surface area contributed by atoms with Crippen LogP contribution < -0.4 is 0 Å². The molecule has 5 heteroatoms. The van der Waals surface area contributed by atoms with E-state index in [4.69, 9.17) is 0 Å². The molecule has 0 aliphatic rings. The van der Waals surface area contributed by atoms with Gasteiger partial charge in [-0.15, -0.1) is 0 Å². The fourth-order valence-corrected chi connectivity index (χ4v) is 2.25. The summed E-state index contributed by atoms with van der Waals surface area (Å²) in [5, 5.41) is 9.25. The average Bonchev–Trinajstić information content (AvgIpc) is 2.96. The quantitative estimate of drug-likeness (QED) is 0.797. The topological polar surface area (TPSA) is 68.0 Å². The highest BCUT2D eigenvalue weighted by atomic mass is 16.4. The first kappa shape index (κ1) is 13.1. The molecule has 0 amide bonds. The molecule has 1 N–H and O–H groups in total. The number of aromatic carboxylic acids is 1. The smallest absolute Gasteiger partial charge is 0.336 e. The molecule has 2 aromatic heterocycles. The van der Waals surface area contributed by atoms with Crippen LogP contribution in [0.25, 0.3) is 11.4 Å². The van der Waals surface area contributed by atoms with E-state index in [1.165, 1.54) is 0 Å². The van der Waals surface area contributed by atoms with Crippen molar-refractivity contribution in [2.75, 3.05) is 0 Å². The van der Waals surface area contributed by atoms with Crippen LogP contribution in [0.2, 0.25) is 0 Å². The number of carboxylic acids is 1. The summed E-state index contributed by atoms with van der Waals surface area (Å²) in [4.78, 5) is 19.6. The second kappa shape index (κ2) is 5.58. The molecular weight excluding hydrogens is 266 g/mol. The molecule has 0 aliphatic carbocycles. The first-order chi connectivity index (χ1) is 10.3. The predicted molar refractivity (Wildman–Crippen MR) is 78.0 cm³/mol. The lowest BCUT2D eigenvalue weighted by Gasteiger charge is -2.10. The van der Waals surface area contributed by atoms with Gasteiger partial charge >= 0.3 is 5.97 Å². The molecule has 21 heavy (non-hydrogen) atoms. The Kier molecular flexibility index (Phi) is 3.47. The molecule has 0 fully saturated rings. The Bertz CT molecular complexity index is 766. The number of carbonyl (C=O) groups is 1.